The number of rotatable bonds is 14. The second-order valence-electron chi connectivity index (χ2n) is 8.99. The molecule has 3 rings (SSSR count). The number of ether oxygens (including phenoxy) is 1. The molecule has 6 nitrogen and oxygen atoms in total. The Hall–Kier alpha value is -1.28. The third kappa shape index (κ3) is 9.42. The van der Waals surface area contributed by atoms with E-state index in [9.17, 15) is 17.4 Å². The van der Waals surface area contributed by atoms with Gasteiger partial charge in [0.1, 0.15) is 0 Å². The maximum atomic E-state index is 13.5. The van der Waals surface area contributed by atoms with Crippen molar-refractivity contribution in [3.8, 4) is 0 Å². The van der Waals surface area contributed by atoms with Gasteiger partial charge in [-0.05, 0) is 61.8 Å². The van der Waals surface area contributed by atoms with Crippen molar-refractivity contribution in [2.75, 3.05) is 57.0 Å². The molecule has 0 bridgehead atoms. The van der Waals surface area contributed by atoms with Gasteiger partial charge in [-0.15, -0.1) is 11.8 Å². The van der Waals surface area contributed by atoms with Crippen molar-refractivity contribution < 1.29 is 22.1 Å². The second-order valence-corrected chi connectivity index (χ2v) is 12.2. The summed E-state index contributed by atoms with van der Waals surface area (Å²) in [5.41, 5.74) is -4.65. The normalized spacial score (nSPS) is 18.4. The Morgan fingerprint density at radius 2 is 1.92 bits per heavy atom. The van der Waals surface area contributed by atoms with Crippen LogP contribution < -0.4 is 10.5 Å². The number of nitrogens with two attached hydrogens (primary N) is 1. The van der Waals surface area contributed by atoms with Crippen LogP contribution in [0.5, 0.6) is 0 Å². The van der Waals surface area contributed by atoms with Crippen molar-refractivity contribution >= 4 is 40.2 Å². The molecule has 0 radical (unpaired) electrons. The fourth-order valence-electron chi connectivity index (χ4n) is 4.36. The minimum atomic E-state index is -4.87. The molecule has 12 heteroatoms. The number of nitrogens with zero attached hydrogens (tertiary/aromatic N) is 2. The first-order valence-corrected chi connectivity index (χ1v) is 15.7. The number of alkyl halides is 3. The Kier molecular flexibility index (Phi) is 12.7. The van der Waals surface area contributed by atoms with Crippen LogP contribution in [0.1, 0.15) is 20.3 Å². The van der Waals surface area contributed by atoms with E-state index >= 15 is 0 Å². The lowest BCUT2D eigenvalue weighted by molar-refractivity contribution is -0.0384. The van der Waals surface area contributed by atoms with Crippen molar-refractivity contribution in [2.45, 2.75) is 52.5 Å². The van der Waals surface area contributed by atoms with Gasteiger partial charge in [-0.2, -0.15) is 13.2 Å². The lowest BCUT2D eigenvalue weighted by Gasteiger charge is -2.39. The van der Waals surface area contributed by atoms with Gasteiger partial charge in [-0.25, -0.2) is 4.21 Å². The van der Waals surface area contributed by atoms with Gasteiger partial charge in [0, 0.05) is 47.3 Å². The Bertz CT molecular complexity index is 1010. The molecule has 1 aliphatic heterocycles. The number of thioether (sulfide) groups is 1. The fourth-order valence-corrected chi connectivity index (χ4v) is 6.57. The van der Waals surface area contributed by atoms with Crippen LogP contribution in [0.25, 0.3) is 0 Å². The molecular formula is C26H37F3N4O2S3. The molecule has 1 fully saturated rings. The molecule has 0 aromatic heterocycles. The highest BCUT2D eigenvalue weighted by Gasteiger charge is 2.39. The predicted octanol–water partition coefficient (Wildman–Crippen LogP) is 5.29. The molecule has 3 N–H and O–H groups in total. The molecule has 2 aromatic rings. The molecule has 1 saturated heterocycles. The van der Waals surface area contributed by atoms with Gasteiger partial charge in [0.2, 0.25) is 0 Å². The average molecular weight is 591 g/mol. The van der Waals surface area contributed by atoms with Gasteiger partial charge in [0.05, 0.1) is 23.8 Å². The molecule has 0 spiro atoms. The lowest BCUT2D eigenvalue weighted by atomic mass is 10.1. The van der Waals surface area contributed by atoms with E-state index in [0.29, 0.717) is 30.3 Å². The molecule has 2 aromatic carbocycles. The maximum absolute atomic E-state index is 13.5. The molecular weight excluding hydrogens is 554 g/mol. The lowest BCUT2D eigenvalue weighted by Crippen LogP contribution is -2.52. The Morgan fingerprint density at radius 1 is 1.18 bits per heavy atom. The van der Waals surface area contributed by atoms with Gasteiger partial charge >= 0.3 is 5.51 Å². The summed E-state index contributed by atoms with van der Waals surface area (Å²) in [7, 11) is -3.17. The highest BCUT2D eigenvalue weighted by Crippen LogP contribution is 2.34. The second kappa shape index (κ2) is 15.5. The van der Waals surface area contributed by atoms with Crippen molar-refractivity contribution in [2.24, 2.45) is 5.14 Å². The first-order chi connectivity index (χ1) is 18.2. The topological polar surface area (TPSA) is 70.8 Å². The molecule has 0 saturated carbocycles. The summed E-state index contributed by atoms with van der Waals surface area (Å²) >= 11 is 2.47. The van der Waals surface area contributed by atoms with Gasteiger partial charge in [0.15, 0.2) is 10.8 Å². The van der Waals surface area contributed by atoms with Crippen LogP contribution in [0, 0.1) is 0 Å². The average Bonchev–Trinajstić information content (AvgIpc) is 2.93. The molecule has 0 aliphatic carbocycles. The molecule has 38 heavy (non-hydrogen) atoms. The number of nitrogens with one attached hydrogen (secondary N) is 1. The Morgan fingerprint density at radius 3 is 2.58 bits per heavy atom. The maximum Gasteiger partial charge on any atom is 0.475 e. The minimum absolute atomic E-state index is 0.155. The summed E-state index contributed by atoms with van der Waals surface area (Å²) in [6, 6.07) is 14.5. The van der Waals surface area contributed by atoms with E-state index in [1.54, 1.807) is 23.9 Å². The highest BCUT2D eigenvalue weighted by molar-refractivity contribution is 7.99. The molecule has 0 amide bonds. The van der Waals surface area contributed by atoms with E-state index < -0.39 is 16.3 Å². The third-order valence-corrected chi connectivity index (χ3v) is 9.39. The largest absolute Gasteiger partial charge is 0.475 e. The van der Waals surface area contributed by atoms with Crippen LogP contribution in [0.2, 0.25) is 0 Å². The zero-order valence-corrected chi connectivity index (χ0v) is 24.2. The number of likely N-dealkylation sites (N-methyl/N-ethyl adjacent to an activating group) is 1. The predicted molar refractivity (Wildman–Crippen MR) is 152 cm³/mol. The van der Waals surface area contributed by atoms with Crippen molar-refractivity contribution in [3.63, 3.8) is 0 Å². The van der Waals surface area contributed by atoms with Gasteiger partial charge < -0.3 is 15.0 Å². The van der Waals surface area contributed by atoms with Crippen LogP contribution in [0.3, 0.4) is 0 Å². The first-order valence-electron chi connectivity index (χ1n) is 12.7. The number of morpholine rings is 1. The van der Waals surface area contributed by atoms with Crippen LogP contribution in [-0.2, 0) is 15.5 Å². The summed E-state index contributed by atoms with van der Waals surface area (Å²) in [5.74, 6) is 0.639. The summed E-state index contributed by atoms with van der Waals surface area (Å²) in [5, 5.41) is 8.89. The van der Waals surface area contributed by atoms with E-state index in [0.717, 1.165) is 49.6 Å². The summed E-state index contributed by atoms with van der Waals surface area (Å²) in [6.45, 7) is 10.1. The number of anilines is 1. The first kappa shape index (κ1) is 31.3. The molecule has 3 atom stereocenters. The highest BCUT2D eigenvalue weighted by atomic mass is 32.2. The third-order valence-electron chi connectivity index (χ3n) is 6.53. The van der Waals surface area contributed by atoms with Crippen molar-refractivity contribution in [1.82, 2.24) is 9.80 Å². The SMILES string of the molecule is CCN(CC)CC1COCCN1CCC(CSc1ccccc1)Nc1ccc(SN)cc1S(=O)C(F)(F)F. The van der Waals surface area contributed by atoms with Gasteiger partial charge in [-0.3, -0.25) is 10.0 Å². The monoisotopic (exact) mass is 590 g/mol. The van der Waals surface area contributed by atoms with E-state index in [1.165, 1.54) is 6.07 Å². The summed E-state index contributed by atoms with van der Waals surface area (Å²) < 4.78 is 58.5. The van der Waals surface area contributed by atoms with Crippen molar-refractivity contribution in [1.29, 1.82) is 0 Å². The van der Waals surface area contributed by atoms with E-state index in [-0.39, 0.29) is 22.7 Å². The minimum Gasteiger partial charge on any atom is -0.380 e. The standard InChI is InChI=1S/C26H37F3N4O2S3/c1-3-32(4-2)17-21-18-35-15-14-33(21)13-12-20(19-36-22-8-6-5-7-9-22)31-24-11-10-23(37-30)16-25(24)38(34)26(27,28)29/h5-11,16,20-21,31H,3-4,12-15,17-19,30H2,1-2H3. The van der Waals surface area contributed by atoms with Gasteiger partial charge in [0.25, 0.3) is 0 Å². The van der Waals surface area contributed by atoms with Crippen LogP contribution >= 0.6 is 23.7 Å². The van der Waals surface area contributed by atoms with Crippen LogP contribution in [-0.4, -0.2) is 83.3 Å². The molecule has 1 heterocycles. The molecule has 212 valence electrons. The Balaban J connectivity index is 1.79. The van der Waals surface area contributed by atoms with E-state index in [1.807, 2.05) is 30.3 Å². The quantitative estimate of drug-likeness (QED) is 0.227. The molecule has 1 aliphatic rings. The zero-order chi connectivity index (χ0) is 27.5. The van der Waals surface area contributed by atoms with Crippen molar-refractivity contribution in [3.05, 3.63) is 48.5 Å². The van der Waals surface area contributed by atoms with E-state index in [2.05, 4.69) is 29.0 Å². The van der Waals surface area contributed by atoms with E-state index in [4.69, 9.17) is 9.88 Å². The van der Waals surface area contributed by atoms with Gasteiger partial charge in [-0.1, -0.05) is 32.0 Å². The fraction of sp³-hybridized carbons (Fsp3) is 0.538. The summed E-state index contributed by atoms with van der Waals surface area (Å²) in [4.78, 5) is 6.01. The molecule has 3 unspecified atom stereocenters. The van der Waals surface area contributed by atoms with Crippen LogP contribution in [0.4, 0.5) is 18.9 Å². The zero-order valence-electron chi connectivity index (χ0n) is 21.8. The Labute approximate surface area is 234 Å². The summed E-state index contributed by atoms with van der Waals surface area (Å²) in [6.07, 6.45) is 0.708. The number of benzene rings is 2. The number of hydrogen-bond acceptors (Lipinski definition) is 8. The smallest absolute Gasteiger partial charge is 0.380 e. The number of hydrogen-bond donors (Lipinski definition) is 2. The number of halogens is 3. The van der Waals surface area contributed by atoms with Crippen LogP contribution in [0.15, 0.2) is 63.2 Å².